The summed E-state index contributed by atoms with van der Waals surface area (Å²) >= 11 is 0. The minimum absolute atomic E-state index is 0.0129. The van der Waals surface area contributed by atoms with E-state index >= 15 is 0 Å². The van der Waals surface area contributed by atoms with Crippen LogP contribution in [0, 0.1) is 0 Å². The van der Waals surface area contributed by atoms with Gasteiger partial charge in [-0.1, -0.05) is 37.3 Å². The third-order valence-corrected chi connectivity index (χ3v) is 6.92. The molecule has 0 unspecified atom stereocenters. The molecule has 1 aliphatic heterocycles. The van der Waals surface area contributed by atoms with Gasteiger partial charge in [-0.3, -0.25) is 9.69 Å². The van der Waals surface area contributed by atoms with Crippen LogP contribution in [-0.4, -0.2) is 77.7 Å². The molecule has 0 fully saturated rings. The number of carbonyl (C=O) groups is 2. The number of amides is 2. The highest BCUT2D eigenvalue weighted by atomic mass is 19.4. The van der Waals surface area contributed by atoms with Gasteiger partial charge in [0.2, 0.25) is 5.91 Å². The topological polar surface area (TPSA) is 74.4 Å². The van der Waals surface area contributed by atoms with Crippen LogP contribution in [0.2, 0.25) is 0 Å². The van der Waals surface area contributed by atoms with Crippen LogP contribution in [0.1, 0.15) is 58.2 Å². The van der Waals surface area contributed by atoms with Gasteiger partial charge < -0.3 is 24.6 Å². The average Bonchev–Trinajstić information content (AvgIpc) is 3.12. The molecule has 0 atom stereocenters. The van der Waals surface area contributed by atoms with Crippen LogP contribution >= 0.6 is 0 Å². The molecule has 0 radical (unpaired) electrons. The molecule has 0 aromatic heterocycles. The maximum Gasteiger partial charge on any atom is 0.416 e. The number of nitrogens with one attached hydrogen (secondary N) is 1. The third-order valence-electron chi connectivity index (χ3n) is 6.92. The lowest BCUT2D eigenvalue weighted by Crippen LogP contribution is -2.46. The Bertz CT molecular complexity index is 1210. The maximum atomic E-state index is 13.8. The van der Waals surface area contributed by atoms with E-state index in [1.807, 2.05) is 32.0 Å². The number of anilines is 1. The second-order valence-electron chi connectivity index (χ2n) is 11.6. The highest BCUT2D eigenvalue weighted by Gasteiger charge is 2.34. The van der Waals surface area contributed by atoms with Gasteiger partial charge in [0.05, 0.1) is 17.8 Å². The van der Waals surface area contributed by atoms with E-state index in [4.69, 9.17) is 9.47 Å². The van der Waals surface area contributed by atoms with Gasteiger partial charge >= 0.3 is 12.3 Å². The first kappa shape index (κ1) is 33.0. The number of halogens is 3. The lowest BCUT2D eigenvalue weighted by atomic mass is 10.1. The average molecular weight is 593 g/mol. The predicted octanol–water partition coefficient (Wildman–Crippen LogP) is 6.01. The van der Waals surface area contributed by atoms with E-state index in [2.05, 4.69) is 17.1 Å². The van der Waals surface area contributed by atoms with E-state index < -0.39 is 29.3 Å². The molecule has 2 amide bonds. The molecule has 232 valence electrons. The van der Waals surface area contributed by atoms with Crippen molar-refractivity contribution in [1.82, 2.24) is 14.7 Å². The van der Waals surface area contributed by atoms with Gasteiger partial charge in [0, 0.05) is 44.3 Å². The minimum atomic E-state index is -4.57. The van der Waals surface area contributed by atoms with E-state index in [1.54, 1.807) is 20.8 Å². The molecule has 11 heteroatoms. The molecule has 0 bridgehead atoms. The minimum Gasteiger partial charge on any atom is -0.490 e. The highest BCUT2D eigenvalue weighted by Crippen LogP contribution is 2.33. The lowest BCUT2D eigenvalue weighted by molar-refractivity contribution is -0.139. The molecule has 2 aromatic rings. The number of benzene rings is 2. The molecular weight excluding hydrogens is 549 g/mol. The van der Waals surface area contributed by atoms with Gasteiger partial charge in [0.15, 0.2) is 0 Å². The molecule has 1 heterocycles. The van der Waals surface area contributed by atoms with Gasteiger partial charge in [-0.05, 0) is 58.9 Å². The monoisotopic (exact) mass is 592 g/mol. The number of likely N-dealkylation sites (N-methyl/N-ethyl adjacent to an activating group) is 1. The summed E-state index contributed by atoms with van der Waals surface area (Å²) in [5, 5.41) is 3.15. The highest BCUT2D eigenvalue weighted by molar-refractivity contribution is 5.82. The fourth-order valence-electron chi connectivity index (χ4n) is 4.71. The summed E-state index contributed by atoms with van der Waals surface area (Å²) in [6.45, 7) is 13.5. The molecule has 0 spiro atoms. The summed E-state index contributed by atoms with van der Waals surface area (Å²) in [7, 11) is 0. The molecular formula is C31H43F3N4O4. The summed E-state index contributed by atoms with van der Waals surface area (Å²) in [4.78, 5) is 31.5. The largest absolute Gasteiger partial charge is 0.490 e. The van der Waals surface area contributed by atoms with Crippen molar-refractivity contribution < 1.29 is 32.2 Å². The molecule has 2 aromatic carbocycles. The van der Waals surface area contributed by atoms with Crippen molar-refractivity contribution in [2.45, 2.75) is 72.5 Å². The number of fused-ring (bicyclic) bond motifs is 1. The molecule has 0 saturated heterocycles. The zero-order valence-corrected chi connectivity index (χ0v) is 25.4. The lowest BCUT2D eigenvalue weighted by Gasteiger charge is -2.32. The zero-order valence-electron chi connectivity index (χ0n) is 25.4. The van der Waals surface area contributed by atoms with Crippen molar-refractivity contribution in [3.05, 3.63) is 59.2 Å². The van der Waals surface area contributed by atoms with Gasteiger partial charge in [0.1, 0.15) is 18.0 Å². The standard InChI is InChI=1S/C31H43F3N4O4/c1-7-36-17-18-41-28-24(20-36)12-10-14-26(28)35-19-27(39)37(21-23-11-8-9-13-25(23)31(32,33)34)15-16-38(22(2)3)29(40)42-30(4,5)6/h8-14,22,35H,7,15-21H2,1-6H3. The Labute approximate surface area is 246 Å². The van der Waals surface area contributed by atoms with Crippen LogP contribution in [0.5, 0.6) is 5.75 Å². The third kappa shape index (κ3) is 9.27. The van der Waals surface area contributed by atoms with Crippen molar-refractivity contribution in [1.29, 1.82) is 0 Å². The quantitative estimate of drug-likeness (QED) is 0.365. The molecule has 0 saturated carbocycles. The smallest absolute Gasteiger partial charge is 0.416 e. The van der Waals surface area contributed by atoms with Crippen LogP contribution in [-0.2, 0) is 28.8 Å². The Hall–Kier alpha value is -3.47. The Balaban J connectivity index is 1.83. The number of alkyl halides is 3. The number of nitrogens with zero attached hydrogens (tertiary/aromatic N) is 3. The molecule has 0 aliphatic carbocycles. The van der Waals surface area contributed by atoms with Crippen LogP contribution in [0.15, 0.2) is 42.5 Å². The van der Waals surface area contributed by atoms with Gasteiger partial charge in [-0.2, -0.15) is 13.2 Å². The number of ether oxygens (including phenoxy) is 2. The van der Waals surface area contributed by atoms with Crippen molar-refractivity contribution >= 4 is 17.7 Å². The Morgan fingerprint density at radius 1 is 1.07 bits per heavy atom. The van der Waals surface area contributed by atoms with E-state index in [-0.39, 0.29) is 37.8 Å². The first-order valence-corrected chi connectivity index (χ1v) is 14.3. The number of carbonyl (C=O) groups excluding carboxylic acids is 2. The van der Waals surface area contributed by atoms with Crippen LogP contribution in [0.25, 0.3) is 0 Å². The fraction of sp³-hybridized carbons (Fsp3) is 0.548. The SMILES string of the molecule is CCN1CCOc2c(cccc2NCC(=O)N(CCN(C(=O)OC(C)(C)C)C(C)C)Cc2ccccc2C(F)(F)F)C1. The maximum absolute atomic E-state index is 13.8. The van der Waals surface area contributed by atoms with Gasteiger partial charge in [0.25, 0.3) is 0 Å². The van der Waals surface area contributed by atoms with E-state index in [0.717, 1.165) is 24.7 Å². The predicted molar refractivity (Wildman–Crippen MR) is 156 cm³/mol. The van der Waals surface area contributed by atoms with Crippen molar-refractivity contribution in [3.63, 3.8) is 0 Å². The summed E-state index contributed by atoms with van der Waals surface area (Å²) in [5.74, 6) is 0.257. The van der Waals surface area contributed by atoms with Gasteiger partial charge in [-0.25, -0.2) is 4.79 Å². The van der Waals surface area contributed by atoms with E-state index in [1.165, 1.54) is 28.0 Å². The molecule has 1 N–H and O–H groups in total. The first-order valence-electron chi connectivity index (χ1n) is 14.3. The molecule has 3 rings (SSSR count). The van der Waals surface area contributed by atoms with Crippen molar-refractivity contribution in [2.75, 3.05) is 44.6 Å². The second-order valence-corrected chi connectivity index (χ2v) is 11.6. The van der Waals surface area contributed by atoms with Crippen molar-refractivity contribution in [2.24, 2.45) is 0 Å². The number of para-hydroxylation sites is 1. The normalized spacial score (nSPS) is 14.0. The summed E-state index contributed by atoms with van der Waals surface area (Å²) in [5.41, 5.74) is 0.0908. The van der Waals surface area contributed by atoms with Gasteiger partial charge in [-0.15, -0.1) is 0 Å². The van der Waals surface area contributed by atoms with Crippen LogP contribution in [0.3, 0.4) is 0 Å². The zero-order chi connectivity index (χ0) is 31.1. The fourth-order valence-corrected chi connectivity index (χ4v) is 4.71. The summed E-state index contributed by atoms with van der Waals surface area (Å²) in [6.07, 6.45) is -5.13. The molecule has 1 aliphatic rings. The summed E-state index contributed by atoms with van der Waals surface area (Å²) < 4.78 is 52.9. The second kappa shape index (κ2) is 14.1. The van der Waals surface area contributed by atoms with Crippen molar-refractivity contribution in [3.8, 4) is 5.75 Å². The number of rotatable bonds is 10. The van der Waals surface area contributed by atoms with E-state index in [0.29, 0.717) is 24.6 Å². The first-order chi connectivity index (χ1) is 19.7. The molecule has 42 heavy (non-hydrogen) atoms. The van der Waals surface area contributed by atoms with Crippen LogP contribution < -0.4 is 10.1 Å². The number of hydrogen-bond acceptors (Lipinski definition) is 6. The Morgan fingerprint density at radius 2 is 1.79 bits per heavy atom. The Morgan fingerprint density at radius 3 is 2.43 bits per heavy atom. The van der Waals surface area contributed by atoms with Crippen LogP contribution in [0.4, 0.5) is 23.7 Å². The summed E-state index contributed by atoms with van der Waals surface area (Å²) in [6, 6.07) is 10.6. The number of hydrogen-bond donors (Lipinski definition) is 1. The Kier molecular flexibility index (Phi) is 11.1. The van der Waals surface area contributed by atoms with E-state index in [9.17, 15) is 22.8 Å². The molecule has 8 nitrogen and oxygen atoms in total.